The average Bonchev–Trinajstić information content (AvgIpc) is 3.43. The standard InChI is InChI=1S/C19H26N6O2S/c1-13(15-20-16(23-27-15)19(2,3)4)28-18-22-21-17(24-9-5-6-10-24)25(18)12-14-8-7-11-26-14/h7-8,11,13H,5-6,9-10,12H2,1-4H3. The summed E-state index contributed by atoms with van der Waals surface area (Å²) in [4.78, 5) is 6.87. The van der Waals surface area contributed by atoms with Gasteiger partial charge in [0, 0.05) is 18.5 Å². The molecule has 1 saturated heterocycles. The van der Waals surface area contributed by atoms with Crippen LogP contribution in [0.15, 0.2) is 32.5 Å². The quantitative estimate of drug-likeness (QED) is 0.571. The number of furan rings is 1. The van der Waals surface area contributed by atoms with E-state index >= 15 is 0 Å². The van der Waals surface area contributed by atoms with Crippen molar-refractivity contribution in [2.45, 2.75) is 62.9 Å². The Kier molecular flexibility index (Phi) is 5.18. The van der Waals surface area contributed by atoms with E-state index in [1.807, 2.05) is 19.1 Å². The van der Waals surface area contributed by atoms with Crippen molar-refractivity contribution in [1.29, 1.82) is 0 Å². The second-order valence-electron chi connectivity index (χ2n) is 8.11. The van der Waals surface area contributed by atoms with Crippen LogP contribution in [0.3, 0.4) is 0 Å². The second-order valence-corrected chi connectivity index (χ2v) is 9.42. The number of hydrogen-bond acceptors (Lipinski definition) is 8. The van der Waals surface area contributed by atoms with E-state index in [1.165, 1.54) is 12.8 Å². The van der Waals surface area contributed by atoms with Crippen molar-refractivity contribution in [3.8, 4) is 0 Å². The van der Waals surface area contributed by atoms with Gasteiger partial charge in [-0.05, 0) is 31.9 Å². The van der Waals surface area contributed by atoms with Crippen LogP contribution in [-0.4, -0.2) is 38.0 Å². The lowest BCUT2D eigenvalue weighted by Gasteiger charge is -2.18. The zero-order valence-electron chi connectivity index (χ0n) is 16.8. The van der Waals surface area contributed by atoms with E-state index in [0.717, 1.165) is 30.0 Å². The maximum atomic E-state index is 5.56. The van der Waals surface area contributed by atoms with Gasteiger partial charge in [-0.2, -0.15) is 4.98 Å². The predicted molar refractivity (Wildman–Crippen MR) is 107 cm³/mol. The molecule has 1 atom stereocenters. The molecule has 1 aliphatic rings. The van der Waals surface area contributed by atoms with Crippen molar-refractivity contribution in [3.05, 3.63) is 35.9 Å². The molecule has 0 N–H and O–H groups in total. The maximum absolute atomic E-state index is 5.56. The van der Waals surface area contributed by atoms with E-state index in [2.05, 4.69) is 50.6 Å². The minimum absolute atomic E-state index is 0.0328. The Labute approximate surface area is 168 Å². The molecule has 3 aromatic heterocycles. The molecule has 1 unspecified atom stereocenters. The Morgan fingerprint density at radius 2 is 2.00 bits per heavy atom. The van der Waals surface area contributed by atoms with Gasteiger partial charge in [0.25, 0.3) is 0 Å². The topological polar surface area (TPSA) is 86.0 Å². The molecule has 150 valence electrons. The molecule has 0 aromatic carbocycles. The summed E-state index contributed by atoms with van der Waals surface area (Å²) >= 11 is 1.57. The highest BCUT2D eigenvalue weighted by Crippen LogP contribution is 2.36. The van der Waals surface area contributed by atoms with Gasteiger partial charge < -0.3 is 13.8 Å². The summed E-state index contributed by atoms with van der Waals surface area (Å²) in [6.45, 7) is 10.9. The molecule has 4 rings (SSSR count). The molecule has 4 heterocycles. The van der Waals surface area contributed by atoms with Crippen LogP contribution in [-0.2, 0) is 12.0 Å². The molecule has 0 aliphatic carbocycles. The minimum atomic E-state index is -0.144. The zero-order chi connectivity index (χ0) is 19.7. The molecule has 0 bridgehead atoms. The molecule has 1 aliphatic heterocycles. The predicted octanol–water partition coefficient (Wildman–Crippen LogP) is 4.05. The second kappa shape index (κ2) is 7.62. The smallest absolute Gasteiger partial charge is 0.239 e. The molecular formula is C19H26N6O2S. The van der Waals surface area contributed by atoms with E-state index < -0.39 is 0 Å². The van der Waals surface area contributed by atoms with Gasteiger partial charge in [0.2, 0.25) is 11.8 Å². The summed E-state index contributed by atoms with van der Waals surface area (Å²) in [6.07, 6.45) is 4.06. The average molecular weight is 403 g/mol. The lowest BCUT2D eigenvalue weighted by atomic mass is 9.96. The molecule has 1 fully saturated rings. The third-order valence-electron chi connectivity index (χ3n) is 4.72. The fourth-order valence-electron chi connectivity index (χ4n) is 3.13. The number of anilines is 1. The van der Waals surface area contributed by atoms with Crippen molar-refractivity contribution >= 4 is 17.7 Å². The molecule has 9 heteroatoms. The van der Waals surface area contributed by atoms with Gasteiger partial charge in [-0.25, -0.2) is 0 Å². The highest BCUT2D eigenvalue weighted by Gasteiger charge is 2.27. The molecule has 0 radical (unpaired) electrons. The van der Waals surface area contributed by atoms with Gasteiger partial charge in [-0.1, -0.05) is 37.7 Å². The van der Waals surface area contributed by atoms with Gasteiger partial charge in [0.05, 0.1) is 18.1 Å². The Balaban J connectivity index is 1.58. The van der Waals surface area contributed by atoms with Gasteiger partial charge in [0.15, 0.2) is 11.0 Å². The molecule has 8 nitrogen and oxygen atoms in total. The van der Waals surface area contributed by atoms with Crippen LogP contribution in [0.4, 0.5) is 5.95 Å². The van der Waals surface area contributed by atoms with Crippen LogP contribution < -0.4 is 4.90 Å². The third kappa shape index (κ3) is 3.94. The molecule has 0 amide bonds. The maximum Gasteiger partial charge on any atom is 0.239 e. The van der Waals surface area contributed by atoms with E-state index in [0.29, 0.717) is 18.3 Å². The normalized spacial score (nSPS) is 16.1. The van der Waals surface area contributed by atoms with E-state index in [4.69, 9.17) is 8.94 Å². The zero-order valence-corrected chi connectivity index (χ0v) is 17.6. The lowest BCUT2D eigenvalue weighted by Crippen LogP contribution is -2.22. The van der Waals surface area contributed by atoms with Crippen molar-refractivity contribution in [2.75, 3.05) is 18.0 Å². The van der Waals surface area contributed by atoms with Crippen molar-refractivity contribution in [1.82, 2.24) is 24.9 Å². The first kappa shape index (κ1) is 19.0. The molecule has 0 saturated carbocycles. The van der Waals surface area contributed by atoms with Crippen LogP contribution in [0.1, 0.15) is 63.3 Å². The summed E-state index contributed by atoms with van der Waals surface area (Å²) in [5, 5.41) is 13.9. The summed E-state index contributed by atoms with van der Waals surface area (Å²) in [5.41, 5.74) is -0.144. The summed E-state index contributed by atoms with van der Waals surface area (Å²) < 4.78 is 13.2. The summed E-state index contributed by atoms with van der Waals surface area (Å²) in [5.74, 6) is 3.09. The van der Waals surface area contributed by atoms with Gasteiger partial charge >= 0.3 is 0 Å². The SMILES string of the molecule is CC(Sc1nnc(N2CCCC2)n1Cc1ccco1)c1nc(C(C)(C)C)no1. The van der Waals surface area contributed by atoms with Crippen molar-refractivity contribution in [2.24, 2.45) is 0 Å². The van der Waals surface area contributed by atoms with E-state index in [9.17, 15) is 0 Å². The van der Waals surface area contributed by atoms with E-state index in [-0.39, 0.29) is 10.7 Å². The Morgan fingerprint density at radius 3 is 2.64 bits per heavy atom. The number of aromatic nitrogens is 5. The highest BCUT2D eigenvalue weighted by atomic mass is 32.2. The first-order valence-electron chi connectivity index (χ1n) is 9.63. The monoisotopic (exact) mass is 402 g/mol. The van der Waals surface area contributed by atoms with Crippen LogP contribution >= 0.6 is 11.8 Å². The molecule has 0 spiro atoms. The third-order valence-corrected chi connectivity index (χ3v) is 5.79. The number of rotatable bonds is 6. The van der Waals surface area contributed by atoms with Crippen LogP contribution in [0, 0.1) is 0 Å². The van der Waals surface area contributed by atoms with E-state index in [1.54, 1.807) is 18.0 Å². The lowest BCUT2D eigenvalue weighted by molar-refractivity contribution is 0.364. The number of hydrogen-bond donors (Lipinski definition) is 0. The fourth-order valence-corrected chi connectivity index (χ4v) is 4.00. The first-order chi connectivity index (χ1) is 13.4. The van der Waals surface area contributed by atoms with Crippen LogP contribution in [0.5, 0.6) is 0 Å². The van der Waals surface area contributed by atoms with Gasteiger partial charge in [0.1, 0.15) is 5.76 Å². The van der Waals surface area contributed by atoms with Gasteiger partial charge in [-0.3, -0.25) is 4.57 Å². The highest BCUT2D eigenvalue weighted by molar-refractivity contribution is 7.99. The Bertz CT molecular complexity index is 905. The fraction of sp³-hybridized carbons (Fsp3) is 0.579. The van der Waals surface area contributed by atoms with Crippen molar-refractivity contribution < 1.29 is 8.94 Å². The molecular weight excluding hydrogens is 376 g/mol. The van der Waals surface area contributed by atoms with Crippen LogP contribution in [0.25, 0.3) is 0 Å². The number of thioether (sulfide) groups is 1. The summed E-state index contributed by atoms with van der Waals surface area (Å²) in [6, 6.07) is 3.87. The molecule has 3 aromatic rings. The first-order valence-corrected chi connectivity index (χ1v) is 10.5. The molecule has 28 heavy (non-hydrogen) atoms. The van der Waals surface area contributed by atoms with Gasteiger partial charge in [-0.15, -0.1) is 10.2 Å². The minimum Gasteiger partial charge on any atom is -0.467 e. The van der Waals surface area contributed by atoms with Crippen molar-refractivity contribution in [3.63, 3.8) is 0 Å². The van der Waals surface area contributed by atoms with Crippen LogP contribution in [0.2, 0.25) is 0 Å². The number of nitrogens with zero attached hydrogens (tertiary/aromatic N) is 6. The Hall–Kier alpha value is -2.29. The largest absolute Gasteiger partial charge is 0.467 e. The Morgan fingerprint density at radius 1 is 1.21 bits per heavy atom. The summed E-state index contributed by atoms with van der Waals surface area (Å²) in [7, 11) is 0.